The Morgan fingerprint density at radius 1 is 1.38 bits per heavy atom. The first-order valence-electron chi connectivity index (χ1n) is 6.87. The molecule has 16 heavy (non-hydrogen) atoms. The number of aliphatic imine (C=N–C) groups is 1. The van der Waals surface area contributed by atoms with Crippen LogP contribution < -0.4 is 5.32 Å². The largest absolute Gasteiger partial charge is 0.374 e. The quantitative estimate of drug-likeness (QED) is 0.739. The average molecular weight is 223 g/mol. The summed E-state index contributed by atoms with van der Waals surface area (Å²) in [7, 11) is 0. The predicted octanol–water partition coefficient (Wildman–Crippen LogP) is 2.03. The highest BCUT2D eigenvalue weighted by molar-refractivity contribution is 5.83. The SMILES string of the molecule is CC1CCCCN1CCCNC1=NCCC1. The van der Waals surface area contributed by atoms with Gasteiger partial charge in [-0.2, -0.15) is 0 Å². The van der Waals surface area contributed by atoms with Crippen LogP contribution in [0.3, 0.4) is 0 Å². The summed E-state index contributed by atoms with van der Waals surface area (Å²) in [5.74, 6) is 1.24. The number of hydrogen-bond acceptors (Lipinski definition) is 3. The van der Waals surface area contributed by atoms with Crippen molar-refractivity contribution in [2.24, 2.45) is 4.99 Å². The van der Waals surface area contributed by atoms with Gasteiger partial charge in [0.25, 0.3) is 0 Å². The molecule has 0 saturated carbocycles. The van der Waals surface area contributed by atoms with Crippen molar-refractivity contribution in [1.29, 1.82) is 0 Å². The van der Waals surface area contributed by atoms with Gasteiger partial charge in [-0.3, -0.25) is 4.99 Å². The van der Waals surface area contributed by atoms with E-state index < -0.39 is 0 Å². The minimum absolute atomic E-state index is 0.803. The van der Waals surface area contributed by atoms with Gasteiger partial charge in [-0.15, -0.1) is 0 Å². The van der Waals surface area contributed by atoms with E-state index in [1.165, 1.54) is 57.5 Å². The van der Waals surface area contributed by atoms with Crippen molar-refractivity contribution >= 4 is 5.84 Å². The molecule has 1 N–H and O–H groups in total. The first-order chi connectivity index (χ1) is 7.86. The molecule has 3 nitrogen and oxygen atoms in total. The Kier molecular flexibility index (Phi) is 4.64. The maximum atomic E-state index is 4.43. The van der Waals surface area contributed by atoms with Gasteiger partial charge in [0.2, 0.25) is 0 Å². The van der Waals surface area contributed by atoms with Crippen LogP contribution in [-0.2, 0) is 0 Å². The second-order valence-corrected chi connectivity index (χ2v) is 5.09. The lowest BCUT2D eigenvalue weighted by Gasteiger charge is -2.33. The second-order valence-electron chi connectivity index (χ2n) is 5.09. The van der Waals surface area contributed by atoms with Crippen LogP contribution in [0, 0.1) is 0 Å². The molecular formula is C13H25N3. The van der Waals surface area contributed by atoms with E-state index in [9.17, 15) is 0 Å². The zero-order chi connectivity index (χ0) is 11.2. The lowest BCUT2D eigenvalue weighted by atomic mass is 10.0. The smallest absolute Gasteiger partial charge is 0.0963 e. The molecule has 1 atom stereocenters. The van der Waals surface area contributed by atoms with Crippen molar-refractivity contribution in [1.82, 2.24) is 10.2 Å². The van der Waals surface area contributed by atoms with Gasteiger partial charge in [-0.25, -0.2) is 0 Å². The first-order valence-corrected chi connectivity index (χ1v) is 6.87. The zero-order valence-electron chi connectivity index (χ0n) is 10.5. The van der Waals surface area contributed by atoms with Crippen LogP contribution in [0.4, 0.5) is 0 Å². The van der Waals surface area contributed by atoms with Gasteiger partial charge < -0.3 is 10.2 Å². The lowest BCUT2D eigenvalue weighted by molar-refractivity contribution is 0.159. The first kappa shape index (κ1) is 11.9. The Labute approximate surface area is 99.3 Å². The summed E-state index contributed by atoms with van der Waals surface area (Å²) >= 11 is 0. The molecule has 2 aliphatic heterocycles. The molecule has 0 aromatic carbocycles. The summed E-state index contributed by atoms with van der Waals surface area (Å²) in [6.07, 6.45) is 7.87. The summed E-state index contributed by atoms with van der Waals surface area (Å²) in [5.41, 5.74) is 0. The van der Waals surface area contributed by atoms with E-state index in [2.05, 4.69) is 22.1 Å². The van der Waals surface area contributed by atoms with Crippen molar-refractivity contribution in [3.8, 4) is 0 Å². The third kappa shape index (κ3) is 3.48. The number of likely N-dealkylation sites (tertiary alicyclic amines) is 1. The standard InChI is InChI=1S/C13H25N3/c1-12-6-2-3-10-16(12)11-5-9-15-13-7-4-8-14-13/h12H,2-11H2,1H3,(H,14,15). The predicted molar refractivity (Wildman–Crippen MR) is 69.0 cm³/mol. The molecule has 0 aliphatic carbocycles. The minimum Gasteiger partial charge on any atom is -0.374 e. The van der Waals surface area contributed by atoms with E-state index in [-0.39, 0.29) is 0 Å². The van der Waals surface area contributed by atoms with Crippen LogP contribution in [0.2, 0.25) is 0 Å². The Hall–Kier alpha value is -0.570. The topological polar surface area (TPSA) is 27.6 Å². The van der Waals surface area contributed by atoms with Gasteiger partial charge in [0.05, 0.1) is 5.84 Å². The Morgan fingerprint density at radius 3 is 3.06 bits per heavy atom. The van der Waals surface area contributed by atoms with Crippen molar-refractivity contribution in [3.05, 3.63) is 0 Å². The Bertz CT molecular complexity index is 237. The number of piperidine rings is 1. The van der Waals surface area contributed by atoms with E-state index in [1.54, 1.807) is 0 Å². The maximum Gasteiger partial charge on any atom is 0.0963 e. The molecule has 2 heterocycles. The van der Waals surface area contributed by atoms with Crippen LogP contribution in [0.5, 0.6) is 0 Å². The van der Waals surface area contributed by atoms with E-state index in [0.717, 1.165) is 19.1 Å². The van der Waals surface area contributed by atoms with E-state index in [4.69, 9.17) is 0 Å². The second kappa shape index (κ2) is 6.24. The fourth-order valence-electron chi connectivity index (χ4n) is 2.69. The van der Waals surface area contributed by atoms with Gasteiger partial charge in [0, 0.05) is 32.1 Å². The summed E-state index contributed by atoms with van der Waals surface area (Å²) in [5, 5.41) is 3.46. The minimum atomic E-state index is 0.803. The van der Waals surface area contributed by atoms with E-state index in [0.29, 0.717) is 0 Å². The molecular weight excluding hydrogens is 198 g/mol. The molecule has 0 bridgehead atoms. The maximum absolute atomic E-state index is 4.43. The average Bonchev–Trinajstić information content (AvgIpc) is 2.79. The fraction of sp³-hybridized carbons (Fsp3) is 0.923. The van der Waals surface area contributed by atoms with Crippen LogP contribution in [0.15, 0.2) is 4.99 Å². The molecule has 0 amide bonds. The molecule has 0 radical (unpaired) electrons. The summed E-state index contributed by atoms with van der Waals surface area (Å²) < 4.78 is 0. The van der Waals surface area contributed by atoms with Crippen LogP contribution >= 0.6 is 0 Å². The Balaban J connectivity index is 1.56. The van der Waals surface area contributed by atoms with Gasteiger partial charge >= 0.3 is 0 Å². The molecule has 2 rings (SSSR count). The van der Waals surface area contributed by atoms with Crippen molar-refractivity contribution in [2.75, 3.05) is 26.2 Å². The molecule has 1 fully saturated rings. The van der Waals surface area contributed by atoms with Gasteiger partial charge in [0.15, 0.2) is 0 Å². The highest BCUT2D eigenvalue weighted by atomic mass is 15.2. The fourth-order valence-corrected chi connectivity index (χ4v) is 2.69. The van der Waals surface area contributed by atoms with Gasteiger partial charge in [-0.1, -0.05) is 6.42 Å². The highest BCUT2D eigenvalue weighted by Gasteiger charge is 2.17. The molecule has 3 heteroatoms. The third-order valence-corrected chi connectivity index (χ3v) is 3.77. The number of hydrogen-bond donors (Lipinski definition) is 1. The van der Waals surface area contributed by atoms with Crippen molar-refractivity contribution in [3.63, 3.8) is 0 Å². The molecule has 0 aromatic heterocycles. The normalized spacial score (nSPS) is 26.8. The number of rotatable bonds is 4. The van der Waals surface area contributed by atoms with Crippen LogP contribution in [-0.4, -0.2) is 43.0 Å². The highest BCUT2D eigenvalue weighted by Crippen LogP contribution is 2.16. The molecule has 0 spiro atoms. The monoisotopic (exact) mass is 223 g/mol. The zero-order valence-corrected chi connectivity index (χ0v) is 10.5. The van der Waals surface area contributed by atoms with E-state index >= 15 is 0 Å². The summed E-state index contributed by atoms with van der Waals surface area (Å²) in [4.78, 5) is 7.07. The van der Waals surface area contributed by atoms with Crippen molar-refractivity contribution < 1.29 is 0 Å². The number of amidine groups is 1. The van der Waals surface area contributed by atoms with Crippen LogP contribution in [0.1, 0.15) is 45.4 Å². The lowest BCUT2D eigenvalue weighted by Crippen LogP contribution is -2.39. The van der Waals surface area contributed by atoms with Gasteiger partial charge in [0.1, 0.15) is 0 Å². The molecule has 92 valence electrons. The molecule has 1 unspecified atom stereocenters. The van der Waals surface area contributed by atoms with Crippen molar-refractivity contribution in [2.45, 2.75) is 51.5 Å². The third-order valence-electron chi connectivity index (χ3n) is 3.77. The summed E-state index contributed by atoms with van der Waals surface area (Å²) in [6.45, 7) is 7.06. The van der Waals surface area contributed by atoms with Crippen LogP contribution in [0.25, 0.3) is 0 Å². The van der Waals surface area contributed by atoms with Gasteiger partial charge in [-0.05, 0) is 39.2 Å². The number of nitrogens with zero attached hydrogens (tertiary/aromatic N) is 2. The van der Waals surface area contributed by atoms with E-state index in [1.807, 2.05) is 0 Å². The molecule has 0 aromatic rings. The summed E-state index contributed by atoms with van der Waals surface area (Å²) in [6, 6.07) is 0.803. The molecule has 2 aliphatic rings. The molecule has 1 saturated heterocycles. The number of nitrogens with one attached hydrogen (secondary N) is 1. The Morgan fingerprint density at radius 2 is 2.31 bits per heavy atom.